The Morgan fingerprint density at radius 2 is 1.64 bits per heavy atom. The molecule has 0 aliphatic heterocycles. The van der Waals surface area contributed by atoms with Gasteiger partial charge in [-0.3, -0.25) is 9.59 Å². The van der Waals surface area contributed by atoms with Gasteiger partial charge >= 0.3 is 0 Å². The molecule has 7 heteroatoms. The second-order valence-electron chi connectivity index (χ2n) is 5.47. The maximum atomic E-state index is 11.7. The third-order valence-corrected chi connectivity index (χ3v) is 3.46. The van der Waals surface area contributed by atoms with Crippen LogP contribution in [0.5, 0.6) is 17.2 Å². The van der Waals surface area contributed by atoms with Gasteiger partial charge in [0.1, 0.15) is 23.9 Å². The molecule has 2 aromatic carbocycles. The minimum atomic E-state index is -0.566. The lowest BCUT2D eigenvalue weighted by atomic mass is 10.2. The van der Waals surface area contributed by atoms with Gasteiger partial charge in [0, 0.05) is 0 Å². The van der Waals surface area contributed by atoms with Crippen LogP contribution in [0.4, 0.5) is 0 Å². The highest BCUT2D eigenvalue weighted by Crippen LogP contribution is 2.17. The van der Waals surface area contributed by atoms with E-state index in [0.29, 0.717) is 23.7 Å². The molecule has 0 saturated carbocycles. The molecule has 2 aromatic rings. The fourth-order valence-electron chi connectivity index (χ4n) is 2.16. The number of nitrogens with two attached hydrogens (primary N) is 1. The van der Waals surface area contributed by atoms with Crippen LogP contribution in [0.15, 0.2) is 48.5 Å². The second-order valence-corrected chi connectivity index (χ2v) is 5.47. The molecule has 0 radical (unpaired) electrons. The molecule has 2 amide bonds. The van der Waals surface area contributed by atoms with Gasteiger partial charge in [-0.15, -0.1) is 0 Å². The number of amides is 2. The molecule has 3 N–H and O–H groups in total. The smallest absolute Gasteiger partial charge is 0.258 e. The number of nitrogens with one attached hydrogen (secondary N) is 1. The summed E-state index contributed by atoms with van der Waals surface area (Å²) >= 11 is 0. The first-order valence-electron chi connectivity index (χ1n) is 8.70. The van der Waals surface area contributed by atoms with Gasteiger partial charge in [0.15, 0.2) is 6.61 Å². The van der Waals surface area contributed by atoms with E-state index in [2.05, 4.69) is 17.2 Å². The molecule has 0 spiro atoms. The van der Waals surface area contributed by atoms with Gasteiger partial charge in [0.05, 0.1) is 18.7 Å². The predicted octanol–water partition coefficient (Wildman–Crippen LogP) is 1.76. The average Bonchev–Trinajstić information content (AvgIpc) is 2.70. The first-order valence-corrected chi connectivity index (χ1v) is 8.70. The van der Waals surface area contributed by atoms with Crippen LogP contribution in [-0.2, 0) is 4.79 Å². The van der Waals surface area contributed by atoms with Crippen molar-refractivity contribution < 1.29 is 23.8 Å². The number of carbonyl (C=O) groups is 2. The van der Waals surface area contributed by atoms with Gasteiger partial charge < -0.3 is 25.3 Å². The van der Waals surface area contributed by atoms with Crippen molar-refractivity contribution in [2.24, 2.45) is 5.73 Å². The second kappa shape index (κ2) is 11.1. The van der Waals surface area contributed by atoms with Crippen molar-refractivity contribution in [3.8, 4) is 29.1 Å². The fourth-order valence-corrected chi connectivity index (χ4v) is 2.16. The van der Waals surface area contributed by atoms with Gasteiger partial charge in [-0.1, -0.05) is 24.0 Å². The largest absolute Gasteiger partial charge is 0.494 e. The van der Waals surface area contributed by atoms with Gasteiger partial charge in [0.2, 0.25) is 0 Å². The lowest BCUT2D eigenvalue weighted by Gasteiger charge is -2.07. The fraction of sp³-hybridized carbons (Fsp3) is 0.238. The summed E-state index contributed by atoms with van der Waals surface area (Å²) in [6.45, 7) is 2.61. The molecule has 0 saturated heterocycles. The molecule has 0 bridgehead atoms. The van der Waals surface area contributed by atoms with Crippen LogP contribution in [0.1, 0.15) is 17.3 Å². The SMILES string of the molecule is CCOc1ccc(OCC(=O)NCC#CCOc2ccccc2C(N)=O)cc1. The minimum Gasteiger partial charge on any atom is -0.494 e. The van der Waals surface area contributed by atoms with Gasteiger partial charge in [-0.25, -0.2) is 0 Å². The van der Waals surface area contributed by atoms with Crippen molar-refractivity contribution in [1.82, 2.24) is 5.32 Å². The molecular weight excluding hydrogens is 360 g/mol. The normalized spacial score (nSPS) is 9.61. The molecular formula is C21H22N2O5. The Morgan fingerprint density at radius 3 is 2.32 bits per heavy atom. The first-order chi connectivity index (χ1) is 13.6. The zero-order valence-electron chi connectivity index (χ0n) is 15.6. The van der Waals surface area contributed by atoms with Gasteiger partial charge in [0.25, 0.3) is 11.8 Å². The Labute approximate surface area is 163 Å². The molecule has 0 fully saturated rings. The molecule has 0 unspecified atom stereocenters. The summed E-state index contributed by atoms with van der Waals surface area (Å²) in [7, 11) is 0. The topological polar surface area (TPSA) is 99.9 Å². The van der Waals surface area contributed by atoms with E-state index in [9.17, 15) is 9.59 Å². The van der Waals surface area contributed by atoms with E-state index in [1.807, 2.05) is 6.92 Å². The van der Waals surface area contributed by atoms with Crippen LogP contribution in [0.3, 0.4) is 0 Å². The van der Waals surface area contributed by atoms with Crippen LogP contribution in [0.2, 0.25) is 0 Å². The lowest BCUT2D eigenvalue weighted by Crippen LogP contribution is -2.29. The Morgan fingerprint density at radius 1 is 0.964 bits per heavy atom. The molecule has 0 aliphatic rings. The number of hydrogen-bond acceptors (Lipinski definition) is 5. The number of rotatable bonds is 9. The average molecular weight is 382 g/mol. The van der Waals surface area contributed by atoms with Crippen molar-refractivity contribution >= 4 is 11.8 Å². The monoisotopic (exact) mass is 382 g/mol. The van der Waals surface area contributed by atoms with Crippen LogP contribution < -0.4 is 25.3 Å². The molecule has 0 aromatic heterocycles. The number of ether oxygens (including phenoxy) is 3. The van der Waals surface area contributed by atoms with E-state index in [1.165, 1.54) is 0 Å². The lowest BCUT2D eigenvalue weighted by molar-refractivity contribution is -0.122. The maximum Gasteiger partial charge on any atom is 0.258 e. The molecule has 28 heavy (non-hydrogen) atoms. The standard InChI is InChI=1S/C21H22N2O5/c1-2-26-16-9-11-17(12-10-16)28-15-20(24)23-13-5-6-14-27-19-8-4-3-7-18(19)21(22)25/h3-4,7-12H,2,13-15H2,1H3,(H2,22,25)(H,23,24). The van der Waals surface area contributed by atoms with E-state index in [-0.39, 0.29) is 25.7 Å². The van der Waals surface area contributed by atoms with Crippen LogP contribution >= 0.6 is 0 Å². The number of primary amides is 1. The third-order valence-electron chi connectivity index (χ3n) is 3.46. The van der Waals surface area contributed by atoms with E-state index >= 15 is 0 Å². The number of para-hydroxylation sites is 1. The summed E-state index contributed by atoms with van der Waals surface area (Å²) in [6.07, 6.45) is 0. The highest BCUT2D eigenvalue weighted by atomic mass is 16.5. The third kappa shape index (κ3) is 6.92. The van der Waals surface area contributed by atoms with Crippen molar-refractivity contribution in [2.75, 3.05) is 26.4 Å². The van der Waals surface area contributed by atoms with Gasteiger partial charge in [-0.05, 0) is 43.3 Å². The van der Waals surface area contributed by atoms with Crippen LogP contribution in [0, 0.1) is 11.8 Å². The summed E-state index contributed by atoms with van der Waals surface area (Å²) < 4.78 is 16.1. The Hall–Kier alpha value is -3.66. The molecule has 146 valence electrons. The maximum absolute atomic E-state index is 11.7. The van der Waals surface area contributed by atoms with Crippen LogP contribution in [-0.4, -0.2) is 38.2 Å². The van der Waals surface area contributed by atoms with E-state index in [1.54, 1.807) is 48.5 Å². The highest BCUT2D eigenvalue weighted by molar-refractivity contribution is 5.95. The first kappa shape index (κ1) is 20.6. The summed E-state index contributed by atoms with van der Waals surface area (Å²) in [5.74, 6) is 6.35. The zero-order valence-corrected chi connectivity index (χ0v) is 15.6. The minimum absolute atomic E-state index is 0.0723. The van der Waals surface area contributed by atoms with Crippen molar-refractivity contribution in [1.29, 1.82) is 0 Å². The summed E-state index contributed by atoms with van der Waals surface area (Å²) in [4.78, 5) is 23.0. The Bertz CT molecular complexity index is 853. The molecule has 0 heterocycles. The summed E-state index contributed by atoms with van der Waals surface area (Å²) in [5.41, 5.74) is 5.57. The Kier molecular flexibility index (Phi) is 8.21. The number of benzene rings is 2. The highest BCUT2D eigenvalue weighted by Gasteiger charge is 2.07. The summed E-state index contributed by atoms with van der Waals surface area (Å²) in [5, 5.41) is 2.62. The van der Waals surface area contributed by atoms with Crippen molar-refractivity contribution in [3.05, 3.63) is 54.1 Å². The molecule has 0 atom stereocenters. The van der Waals surface area contributed by atoms with Crippen molar-refractivity contribution in [2.45, 2.75) is 6.92 Å². The summed E-state index contributed by atoms with van der Waals surface area (Å²) in [6, 6.07) is 13.7. The molecule has 0 aliphatic carbocycles. The quantitative estimate of drug-likeness (QED) is 0.644. The predicted molar refractivity (Wildman–Crippen MR) is 104 cm³/mol. The molecule has 2 rings (SSSR count). The van der Waals surface area contributed by atoms with E-state index in [4.69, 9.17) is 19.9 Å². The zero-order chi connectivity index (χ0) is 20.2. The van der Waals surface area contributed by atoms with Crippen LogP contribution in [0.25, 0.3) is 0 Å². The molecule has 7 nitrogen and oxygen atoms in total. The van der Waals surface area contributed by atoms with E-state index in [0.717, 1.165) is 5.75 Å². The van der Waals surface area contributed by atoms with Crippen molar-refractivity contribution in [3.63, 3.8) is 0 Å². The number of carbonyl (C=O) groups excluding carboxylic acids is 2. The number of hydrogen-bond donors (Lipinski definition) is 2. The van der Waals surface area contributed by atoms with E-state index < -0.39 is 5.91 Å². The van der Waals surface area contributed by atoms with Gasteiger partial charge in [-0.2, -0.15) is 0 Å². The Balaban J connectivity index is 1.67.